The van der Waals surface area contributed by atoms with Crippen LogP contribution in [0.4, 0.5) is 0 Å². The molecule has 1 rings (SSSR count). The molecule has 0 saturated heterocycles. The molecule has 0 atom stereocenters. The molecule has 0 heterocycles. The number of hydrogen-bond acceptors (Lipinski definition) is 4. The lowest BCUT2D eigenvalue weighted by Gasteiger charge is -1.97. The zero-order valence-corrected chi connectivity index (χ0v) is 9.00. The molecule has 0 aliphatic carbocycles. The van der Waals surface area contributed by atoms with Crippen molar-refractivity contribution in [1.29, 1.82) is 0 Å². The van der Waals surface area contributed by atoms with E-state index in [1.165, 1.54) is 0 Å². The summed E-state index contributed by atoms with van der Waals surface area (Å²) in [7, 11) is -7.31. The van der Waals surface area contributed by atoms with Gasteiger partial charge in [0.1, 0.15) is 0 Å². The van der Waals surface area contributed by atoms with Gasteiger partial charge in [-0.2, -0.15) is 0 Å². The van der Waals surface area contributed by atoms with Crippen molar-refractivity contribution in [3.63, 3.8) is 0 Å². The van der Waals surface area contributed by atoms with E-state index in [1.807, 2.05) is 6.07 Å². The molecule has 0 fully saturated rings. The van der Waals surface area contributed by atoms with Crippen molar-refractivity contribution in [2.45, 2.75) is 6.42 Å². The maximum atomic E-state index is 10.9. The highest BCUT2D eigenvalue weighted by atomic mass is 33.1. The lowest BCUT2D eigenvalue weighted by atomic mass is 10.2. The predicted molar refractivity (Wildman–Crippen MR) is 54.2 cm³/mol. The van der Waals surface area contributed by atoms with Crippen LogP contribution >= 0.6 is 0 Å². The maximum absolute atomic E-state index is 10.9. The Labute approximate surface area is 83.8 Å². The minimum absolute atomic E-state index is 0.229. The summed E-state index contributed by atoms with van der Waals surface area (Å²) in [6.45, 7) is 0. The number of hydrogen-bond donors (Lipinski definition) is 1. The lowest BCUT2D eigenvalue weighted by molar-refractivity contribution is 0.591. The lowest BCUT2D eigenvalue weighted by Crippen LogP contribution is -2.09. The van der Waals surface area contributed by atoms with E-state index in [0.717, 1.165) is 5.56 Å². The monoisotopic (exact) mass is 234 g/mol. The summed E-state index contributed by atoms with van der Waals surface area (Å²) >= 11 is 0. The van der Waals surface area contributed by atoms with Gasteiger partial charge in [-0.05, 0) is 12.0 Å². The van der Waals surface area contributed by atoms with Gasteiger partial charge in [-0.3, -0.25) is 0 Å². The summed E-state index contributed by atoms with van der Waals surface area (Å²) in [4.78, 5) is 0. The third-order valence-electron chi connectivity index (χ3n) is 1.72. The quantitative estimate of drug-likeness (QED) is 0.595. The van der Waals surface area contributed by atoms with Crippen molar-refractivity contribution >= 4 is 18.6 Å². The van der Waals surface area contributed by atoms with Crippen LogP contribution in [-0.2, 0) is 25.0 Å². The van der Waals surface area contributed by atoms with E-state index >= 15 is 0 Å². The van der Waals surface area contributed by atoms with E-state index in [4.69, 9.17) is 0 Å². The number of thiol groups is 1. The molecule has 1 aromatic rings. The van der Waals surface area contributed by atoms with Gasteiger partial charge >= 0.3 is 0 Å². The van der Waals surface area contributed by atoms with Gasteiger partial charge in [-0.1, -0.05) is 30.3 Å². The van der Waals surface area contributed by atoms with Gasteiger partial charge in [0.05, 0.1) is 5.75 Å². The zero-order valence-electron chi connectivity index (χ0n) is 7.29. The Balaban J connectivity index is 2.67. The van der Waals surface area contributed by atoms with E-state index in [2.05, 4.69) is 0 Å². The van der Waals surface area contributed by atoms with Crippen LogP contribution in [0.15, 0.2) is 30.3 Å². The number of aryl methyl sites for hydroxylation is 1. The summed E-state index contributed by atoms with van der Waals surface area (Å²) in [6.07, 6.45) is 0.229. The van der Waals surface area contributed by atoms with Gasteiger partial charge < -0.3 is 0 Å². The first kappa shape index (κ1) is 11.2. The van der Waals surface area contributed by atoms with Crippen molar-refractivity contribution in [3.8, 4) is 0 Å². The van der Waals surface area contributed by atoms with Gasteiger partial charge in [-0.15, -0.1) is 0 Å². The van der Waals surface area contributed by atoms with Crippen LogP contribution in [0.1, 0.15) is 5.56 Å². The van der Waals surface area contributed by atoms with Gasteiger partial charge in [0.15, 0.2) is 0 Å². The molecule has 0 radical (unpaired) electrons. The highest BCUT2D eigenvalue weighted by molar-refractivity contribution is 8.59. The van der Waals surface area contributed by atoms with E-state index in [-0.39, 0.29) is 12.2 Å². The molecule has 0 saturated carbocycles. The fraction of sp³-hybridized carbons (Fsp3) is 0.250. The summed E-state index contributed by atoms with van der Waals surface area (Å²) < 4.78 is 42.4. The number of benzene rings is 1. The summed E-state index contributed by atoms with van der Waals surface area (Å²) in [5, 5.41) is 0. The fourth-order valence-corrected chi connectivity index (χ4v) is 2.33. The summed E-state index contributed by atoms with van der Waals surface area (Å²) in [5.41, 5.74) is 0.813. The highest BCUT2D eigenvalue weighted by Gasteiger charge is 2.12. The average molecular weight is 234 g/mol. The Bertz CT molecular complexity index is 451. The second-order valence-electron chi connectivity index (χ2n) is 2.75. The van der Waals surface area contributed by atoms with Crippen molar-refractivity contribution in [1.82, 2.24) is 0 Å². The Morgan fingerprint density at radius 1 is 1.07 bits per heavy atom. The third-order valence-corrected chi connectivity index (χ3v) is 4.80. The first-order valence-electron chi connectivity index (χ1n) is 3.93. The molecule has 1 aromatic carbocycles. The first-order valence-corrected chi connectivity index (χ1v) is 7.37. The van der Waals surface area contributed by atoms with Crippen LogP contribution in [-0.4, -0.2) is 22.6 Å². The molecule has 14 heavy (non-hydrogen) atoms. The summed E-state index contributed by atoms with van der Waals surface area (Å²) in [6, 6.07) is 8.88. The van der Waals surface area contributed by atoms with Crippen molar-refractivity contribution in [3.05, 3.63) is 35.9 Å². The van der Waals surface area contributed by atoms with Crippen molar-refractivity contribution in [2.24, 2.45) is 0 Å². The standard InChI is InChI=1S/C8H10O4S2/c9-13(10)14(11,12)7-6-8-4-2-1-3-5-8/h1-5,13H,6-7H2. The molecule has 0 aliphatic rings. The van der Waals surface area contributed by atoms with E-state index < -0.39 is 18.6 Å². The minimum atomic E-state index is -3.94. The Hall–Kier alpha value is -0.880. The second-order valence-corrected chi connectivity index (χ2v) is 7.33. The molecule has 0 aliphatic heterocycles. The Kier molecular flexibility index (Phi) is 3.65. The van der Waals surface area contributed by atoms with Crippen LogP contribution in [0.3, 0.4) is 0 Å². The van der Waals surface area contributed by atoms with Gasteiger partial charge in [-0.25, -0.2) is 16.8 Å². The molecule has 6 heteroatoms. The molecule has 0 spiro atoms. The van der Waals surface area contributed by atoms with E-state index in [9.17, 15) is 16.8 Å². The SMILES string of the molecule is O=[SH](=O)S(=O)(=O)CCc1ccccc1. The Morgan fingerprint density at radius 2 is 1.64 bits per heavy atom. The smallest absolute Gasteiger partial charge is 0.216 e. The van der Waals surface area contributed by atoms with Gasteiger partial charge in [0.2, 0.25) is 9.74 Å². The first-order chi connectivity index (χ1) is 6.52. The molecule has 0 amide bonds. The van der Waals surface area contributed by atoms with Crippen molar-refractivity contribution < 1.29 is 16.8 Å². The fourth-order valence-electron chi connectivity index (χ4n) is 0.966. The van der Waals surface area contributed by atoms with Crippen molar-refractivity contribution in [2.75, 3.05) is 5.75 Å². The van der Waals surface area contributed by atoms with Gasteiger partial charge in [0, 0.05) is 0 Å². The Morgan fingerprint density at radius 3 is 2.14 bits per heavy atom. The minimum Gasteiger partial charge on any atom is -0.216 e. The molecule has 0 N–H and O–H groups in total. The molecule has 0 bridgehead atoms. The van der Waals surface area contributed by atoms with Crippen LogP contribution in [0.25, 0.3) is 0 Å². The van der Waals surface area contributed by atoms with Crippen LogP contribution in [0, 0.1) is 0 Å². The zero-order chi connectivity index (χ0) is 10.6. The topological polar surface area (TPSA) is 68.3 Å². The highest BCUT2D eigenvalue weighted by Crippen LogP contribution is 2.02. The molecule has 0 aromatic heterocycles. The van der Waals surface area contributed by atoms with Crippen LogP contribution in [0.5, 0.6) is 0 Å². The molecular formula is C8H10O4S2. The van der Waals surface area contributed by atoms with Gasteiger partial charge in [0.25, 0.3) is 8.87 Å². The average Bonchev–Trinajstić information content (AvgIpc) is 2.16. The largest absolute Gasteiger partial charge is 0.251 e. The predicted octanol–water partition coefficient (Wildman–Crippen LogP) is 0.170. The van der Waals surface area contributed by atoms with Crippen LogP contribution in [0.2, 0.25) is 0 Å². The third kappa shape index (κ3) is 3.12. The molecule has 0 unspecified atom stereocenters. The molecule has 4 nitrogen and oxygen atoms in total. The van der Waals surface area contributed by atoms with E-state index in [0.29, 0.717) is 0 Å². The van der Waals surface area contributed by atoms with E-state index in [1.54, 1.807) is 24.3 Å². The molecular weight excluding hydrogens is 224 g/mol. The summed E-state index contributed by atoms with van der Waals surface area (Å²) in [5.74, 6) is -0.351. The molecule has 78 valence electrons. The number of rotatable bonds is 4. The normalized spacial score (nSPS) is 11.8. The maximum Gasteiger partial charge on any atom is 0.251 e. The van der Waals surface area contributed by atoms with Crippen LogP contribution < -0.4 is 0 Å². The second kappa shape index (κ2) is 4.56.